The summed E-state index contributed by atoms with van der Waals surface area (Å²) in [5, 5.41) is 24.3. The molecule has 4 fully saturated rings. The summed E-state index contributed by atoms with van der Waals surface area (Å²) in [5.41, 5.74) is -1.17. The molecule has 5 rings (SSSR count). The highest BCUT2D eigenvalue weighted by Crippen LogP contribution is 2.67. The Balaban J connectivity index is 1.50. The molecule has 0 radical (unpaired) electrons. The van der Waals surface area contributed by atoms with Crippen LogP contribution in [0.1, 0.15) is 111 Å². The lowest BCUT2D eigenvalue weighted by Gasteiger charge is -2.67. The van der Waals surface area contributed by atoms with E-state index in [9.17, 15) is 19.8 Å². The van der Waals surface area contributed by atoms with E-state index in [0.29, 0.717) is 31.6 Å². The van der Waals surface area contributed by atoms with E-state index in [0.717, 1.165) is 37.7 Å². The fourth-order valence-corrected chi connectivity index (χ4v) is 9.54. The van der Waals surface area contributed by atoms with Crippen LogP contribution in [0.25, 0.3) is 0 Å². The predicted molar refractivity (Wildman–Crippen MR) is 140 cm³/mol. The lowest BCUT2D eigenvalue weighted by molar-refractivity contribution is -0.290. The molecule has 5 aliphatic rings. The summed E-state index contributed by atoms with van der Waals surface area (Å²) in [5.74, 6) is -0.155. The van der Waals surface area contributed by atoms with Gasteiger partial charge in [0.1, 0.15) is 12.7 Å². The molecule has 0 spiro atoms. The summed E-state index contributed by atoms with van der Waals surface area (Å²) in [6.07, 6.45) is 13.7. The van der Waals surface area contributed by atoms with Crippen LogP contribution in [0.5, 0.6) is 0 Å². The number of hydrogen-bond donors (Lipinski definition) is 2. The molecule has 0 amide bonds. The molecule has 0 aromatic carbocycles. The molecule has 0 aromatic rings. The molecule has 2 N–H and O–H groups in total. The van der Waals surface area contributed by atoms with E-state index in [1.165, 1.54) is 32.1 Å². The van der Waals surface area contributed by atoms with Crippen LogP contribution in [0.4, 0.5) is 0 Å². The van der Waals surface area contributed by atoms with Crippen molar-refractivity contribution in [1.82, 2.24) is 0 Å². The average Bonchev–Trinajstić information content (AvgIpc) is 3.57. The summed E-state index contributed by atoms with van der Waals surface area (Å²) in [6, 6.07) is 0. The zero-order valence-corrected chi connectivity index (χ0v) is 23.2. The Hall–Kier alpha value is -1.40. The van der Waals surface area contributed by atoms with Gasteiger partial charge < -0.3 is 19.7 Å². The summed E-state index contributed by atoms with van der Waals surface area (Å²) < 4.78 is 11.6. The average molecular weight is 517 g/mol. The van der Waals surface area contributed by atoms with Crippen molar-refractivity contribution in [3.63, 3.8) is 0 Å². The molecule has 0 bridgehead atoms. The summed E-state index contributed by atoms with van der Waals surface area (Å²) in [4.78, 5) is 25.1. The number of hydrogen-bond acceptors (Lipinski definition) is 6. The minimum atomic E-state index is -1.14. The molecular formula is C31H48O6. The van der Waals surface area contributed by atoms with Gasteiger partial charge in [0.05, 0.1) is 17.6 Å². The first-order valence-electron chi connectivity index (χ1n) is 15.1. The smallest absolute Gasteiger partial charge is 0.331 e. The van der Waals surface area contributed by atoms with Crippen molar-refractivity contribution in [3.05, 3.63) is 11.6 Å². The summed E-state index contributed by atoms with van der Waals surface area (Å²) in [7, 11) is 0. The van der Waals surface area contributed by atoms with Crippen molar-refractivity contribution in [2.45, 2.75) is 128 Å². The maximum Gasteiger partial charge on any atom is 0.331 e. The van der Waals surface area contributed by atoms with Crippen LogP contribution in [0.15, 0.2) is 11.6 Å². The normalized spacial score (nSPS) is 43.3. The quantitative estimate of drug-likeness (QED) is 0.454. The zero-order valence-electron chi connectivity index (χ0n) is 23.2. The van der Waals surface area contributed by atoms with Crippen molar-refractivity contribution in [3.8, 4) is 0 Å². The second-order valence-corrected chi connectivity index (χ2v) is 13.6. The van der Waals surface area contributed by atoms with Crippen molar-refractivity contribution >= 4 is 11.9 Å². The van der Waals surface area contributed by atoms with Gasteiger partial charge in [-0.05, 0) is 80.6 Å². The lowest BCUT2D eigenvalue weighted by atomic mass is 9.40. The molecule has 6 heteroatoms. The van der Waals surface area contributed by atoms with Gasteiger partial charge in [0.25, 0.3) is 0 Å². The van der Waals surface area contributed by atoms with Gasteiger partial charge in [-0.2, -0.15) is 0 Å². The molecule has 0 saturated heterocycles. The van der Waals surface area contributed by atoms with Crippen LogP contribution < -0.4 is 0 Å². The molecule has 7 unspecified atom stereocenters. The minimum absolute atomic E-state index is 0.0192. The van der Waals surface area contributed by atoms with Gasteiger partial charge >= 0.3 is 11.9 Å². The third-order valence-corrected chi connectivity index (χ3v) is 11.8. The number of fused-ring (bicyclic) bond motifs is 1. The Morgan fingerprint density at radius 1 is 1.08 bits per heavy atom. The van der Waals surface area contributed by atoms with E-state index in [-0.39, 0.29) is 47.8 Å². The van der Waals surface area contributed by atoms with Gasteiger partial charge in [-0.3, -0.25) is 4.79 Å². The second-order valence-electron chi connectivity index (χ2n) is 13.6. The SMILES string of the molecule is CC1CC(OC(=O)C2CCCCC2)C2C(C)(C3CCCC3)CCC(O)C2(C)C1(O)CCC1=CC(=O)OC1. The van der Waals surface area contributed by atoms with E-state index in [4.69, 9.17) is 9.47 Å². The van der Waals surface area contributed by atoms with E-state index in [1.54, 1.807) is 6.08 Å². The van der Waals surface area contributed by atoms with Crippen LogP contribution in [-0.2, 0) is 19.1 Å². The van der Waals surface area contributed by atoms with Crippen LogP contribution >= 0.6 is 0 Å². The predicted octanol–water partition coefficient (Wildman–Crippen LogP) is 5.49. The van der Waals surface area contributed by atoms with Gasteiger partial charge in [-0.1, -0.05) is 52.9 Å². The van der Waals surface area contributed by atoms with Crippen LogP contribution in [0.2, 0.25) is 0 Å². The Labute approximate surface area is 222 Å². The monoisotopic (exact) mass is 516 g/mol. The topological polar surface area (TPSA) is 93.1 Å². The van der Waals surface area contributed by atoms with Crippen molar-refractivity contribution < 1.29 is 29.3 Å². The first kappa shape index (κ1) is 27.2. The lowest BCUT2D eigenvalue weighted by Crippen LogP contribution is -2.72. The van der Waals surface area contributed by atoms with E-state index >= 15 is 0 Å². The molecule has 4 aliphatic carbocycles. The Bertz CT molecular complexity index is 901. The number of ether oxygens (including phenoxy) is 2. The summed E-state index contributed by atoms with van der Waals surface area (Å²) >= 11 is 0. The molecule has 6 nitrogen and oxygen atoms in total. The van der Waals surface area contributed by atoms with Crippen molar-refractivity contribution in [2.75, 3.05) is 6.61 Å². The first-order valence-corrected chi connectivity index (χ1v) is 15.1. The third-order valence-electron chi connectivity index (χ3n) is 11.8. The zero-order chi connectivity index (χ0) is 26.4. The Kier molecular flexibility index (Phi) is 7.56. The molecule has 4 saturated carbocycles. The third kappa shape index (κ3) is 4.58. The number of carbonyl (C=O) groups excluding carboxylic acids is 2. The fraction of sp³-hybridized carbons (Fsp3) is 0.871. The number of esters is 2. The molecule has 37 heavy (non-hydrogen) atoms. The van der Waals surface area contributed by atoms with Gasteiger partial charge in [-0.15, -0.1) is 0 Å². The van der Waals surface area contributed by atoms with Gasteiger partial charge in [0, 0.05) is 17.4 Å². The second kappa shape index (κ2) is 10.3. The maximum absolute atomic E-state index is 13.5. The number of aliphatic hydroxyl groups is 2. The first-order chi connectivity index (χ1) is 17.6. The van der Waals surface area contributed by atoms with Gasteiger partial charge in [-0.25, -0.2) is 4.79 Å². The van der Waals surface area contributed by atoms with Crippen LogP contribution in [-0.4, -0.2) is 46.6 Å². The number of rotatable bonds is 6. The highest BCUT2D eigenvalue weighted by molar-refractivity contribution is 5.85. The van der Waals surface area contributed by atoms with Crippen molar-refractivity contribution in [1.29, 1.82) is 0 Å². The molecule has 0 aromatic heterocycles. The Morgan fingerprint density at radius 2 is 1.76 bits per heavy atom. The fourth-order valence-electron chi connectivity index (χ4n) is 9.54. The largest absolute Gasteiger partial charge is 0.462 e. The van der Waals surface area contributed by atoms with Gasteiger partial charge in [0.15, 0.2) is 0 Å². The van der Waals surface area contributed by atoms with E-state index in [1.807, 2.05) is 0 Å². The van der Waals surface area contributed by atoms with E-state index < -0.39 is 17.1 Å². The maximum atomic E-state index is 13.5. The van der Waals surface area contributed by atoms with Crippen LogP contribution in [0.3, 0.4) is 0 Å². The highest BCUT2D eigenvalue weighted by Gasteiger charge is 2.70. The molecule has 7 atom stereocenters. The van der Waals surface area contributed by atoms with Gasteiger partial charge in [0.2, 0.25) is 0 Å². The molecular weight excluding hydrogens is 468 g/mol. The number of cyclic esters (lactones) is 1. The number of carbonyl (C=O) groups is 2. The van der Waals surface area contributed by atoms with E-state index in [2.05, 4.69) is 20.8 Å². The van der Waals surface area contributed by atoms with Crippen LogP contribution in [0, 0.1) is 34.5 Å². The van der Waals surface area contributed by atoms with Crippen molar-refractivity contribution in [2.24, 2.45) is 34.5 Å². The number of aliphatic hydroxyl groups excluding tert-OH is 1. The molecule has 208 valence electrons. The molecule has 1 heterocycles. The molecule has 1 aliphatic heterocycles. The standard InChI is InChI=1S/C31H48O6/c1-20-17-24(37-28(34)22-9-5-4-6-10-22)27-29(2,23-11-7-8-12-23)15-14-25(32)30(27,3)31(20,35)16-13-21-18-26(33)36-19-21/h18,20,22-25,27,32,35H,4-17,19H2,1-3H3. The Morgan fingerprint density at radius 3 is 2.41 bits per heavy atom. The minimum Gasteiger partial charge on any atom is -0.462 e. The summed E-state index contributed by atoms with van der Waals surface area (Å²) in [6.45, 7) is 6.79. The highest BCUT2D eigenvalue weighted by atomic mass is 16.5.